The number of nitrogens with zero attached hydrogens (tertiary/aromatic N) is 2. The van der Waals surface area contributed by atoms with Gasteiger partial charge < -0.3 is 10.0 Å². The van der Waals surface area contributed by atoms with Crippen molar-refractivity contribution >= 4 is 17.2 Å². The number of hydrogen-bond donors (Lipinski definition) is 1. The number of carbonyl (C=O) groups is 1. The number of aromatic nitrogens is 1. The second-order valence-corrected chi connectivity index (χ2v) is 5.87. The molecular weight excluding hydrogens is 284 g/mol. The summed E-state index contributed by atoms with van der Waals surface area (Å²) in [7, 11) is 0. The first-order valence-corrected chi connectivity index (χ1v) is 7.72. The SMILES string of the molecule is O=C(c1csc(Cc2ccccc2)n1)N1CC=C[C@@H]1CO. The van der Waals surface area contributed by atoms with E-state index in [1.807, 2.05) is 30.4 Å². The van der Waals surface area contributed by atoms with Crippen molar-refractivity contribution in [2.45, 2.75) is 12.5 Å². The minimum atomic E-state index is -0.225. The summed E-state index contributed by atoms with van der Waals surface area (Å²) in [6.45, 7) is 0.485. The van der Waals surface area contributed by atoms with Gasteiger partial charge in [0.1, 0.15) is 5.69 Å². The Morgan fingerprint density at radius 3 is 2.95 bits per heavy atom. The van der Waals surface area contributed by atoms with Gasteiger partial charge in [-0.25, -0.2) is 4.98 Å². The number of aliphatic hydroxyl groups excluding tert-OH is 1. The summed E-state index contributed by atoms with van der Waals surface area (Å²) in [6.07, 6.45) is 4.49. The summed E-state index contributed by atoms with van der Waals surface area (Å²) in [6, 6.07) is 9.85. The maximum atomic E-state index is 12.4. The lowest BCUT2D eigenvalue weighted by molar-refractivity contribution is 0.0695. The van der Waals surface area contributed by atoms with Gasteiger partial charge in [-0.3, -0.25) is 4.79 Å². The van der Waals surface area contributed by atoms with Crippen LogP contribution in [0.1, 0.15) is 21.1 Å². The molecule has 0 saturated heterocycles. The van der Waals surface area contributed by atoms with Crippen molar-refractivity contribution in [1.29, 1.82) is 0 Å². The van der Waals surface area contributed by atoms with Crippen LogP contribution in [0.3, 0.4) is 0 Å². The van der Waals surface area contributed by atoms with E-state index in [-0.39, 0.29) is 18.6 Å². The Kier molecular flexibility index (Phi) is 4.13. The fraction of sp³-hybridized carbons (Fsp3) is 0.250. The predicted octanol–water partition coefficient (Wildman–Crippen LogP) is 2.11. The number of carbonyl (C=O) groups excluding carboxylic acids is 1. The molecule has 5 heteroatoms. The van der Waals surface area contributed by atoms with E-state index in [0.29, 0.717) is 12.2 Å². The summed E-state index contributed by atoms with van der Waals surface area (Å²) in [5, 5.41) is 12.0. The van der Waals surface area contributed by atoms with Gasteiger partial charge in [0.15, 0.2) is 0 Å². The van der Waals surface area contributed by atoms with Crippen molar-refractivity contribution in [2.75, 3.05) is 13.2 Å². The average Bonchev–Trinajstić information content (AvgIpc) is 3.16. The van der Waals surface area contributed by atoms with Crippen LogP contribution in [0.5, 0.6) is 0 Å². The zero-order valence-electron chi connectivity index (χ0n) is 11.5. The van der Waals surface area contributed by atoms with E-state index < -0.39 is 0 Å². The quantitative estimate of drug-likeness (QED) is 0.880. The Hall–Kier alpha value is -1.98. The Labute approximate surface area is 127 Å². The molecule has 0 aliphatic carbocycles. The lowest BCUT2D eigenvalue weighted by atomic mass is 10.2. The standard InChI is InChI=1S/C16H16N2O2S/c19-10-13-7-4-8-18(13)16(20)14-11-21-15(17-14)9-12-5-2-1-3-6-12/h1-7,11,13,19H,8-10H2/t13-/m1/s1. The number of thiazole rings is 1. The number of rotatable bonds is 4. The third-order valence-corrected chi connectivity index (χ3v) is 4.33. The maximum Gasteiger partial charge on any atom is 0.274 e. The van der Waals surface area contributed by atoms with Crippen LogP contribution in [0.15, 0.2) is 47.9 Å². The topological polar surface area (TPSA) is 53.4 Å². The smallest absolute Gasteiger partial charge is 0.274 e. The van der Waals surface area contributed by atoms with E-state index in [2.05, 4.69) is 17.1 Å². The Balaban J connectivity index is 1.71. The average molecular weight is 300 g/mol. The highest BCUT2D eigenvalue weighted by Gasteiger charge is 2.26. The molecule has 2 heterocycles. The fourth-order valence-corrected chi connectivity index (χ4v) is 3.17. The van der Waals surface area contributed by atoms with Crippen molar-refractivity contribution in [1.82, 2.24) is 9.88 Å². The van der Waals surface area contributed by atoms with Crippen molar-refractivity contribution in [3.05, 3.63) is 64.1 Å². The molecule has 21 heavy (non-hydrogen) atoms. The highest BCUT2D eigenvalue weighted by Crippen LogP contribution is 2.18. The minimum absolute atomic E-state index is 0.0523. The number of aliphatic hydroxyl groups is 1. The molecule has 1 aromatic heterocycles. The van der Waals surface area contributed by atoms with E-state index in [9.17, 15) is 9.90 Å². The fourth-order valence-electron chi connectivity index (χ4n) is 2.37. The van der Waals surface area contributed by atoms with E-state index in [1.165, 1.54) is 16.9 Å². The zero-order valence-corrected chi connectivity index (χ0v) is 12.3. The Bertz CT molecular complexity index is 651. The van der Waals surface area contributed by atoms with Crippen LogP contribution in [-0.2, 0) is 6.42 Å². The van der Waals surface area contributed by atoms with Gasteiger partial charge in [-0.2, -0.15) is 0 Å². The molecular formula is C16H16N2O2S. The molecule has 4 nitrogen and oxygen atoms in total. The van der Waals surface area contributed by atoms with Gasteiger partial charge in [-0.1, -0.05) is 42.5 Å². The molecule has 0 radical (unpaired) electrons. The second kappa shape index (κ2) is 6.20. The van der Waals surface area contributed by atoms with Crippen LogP contribution in [0.25, 0.3) is 0 Å². The van der Waals surface area contributed by atoms with Crippen LogP contribution in [0.2, 0.25) is 0 Å². The van der Waals surface area contributed by atoms with Gasteiger partial charge in [0.25, 0.3) is 5.91 Å². The third-order valence-electron chi connectivity index (χ3n) is 3.48. The molecule has 108 valence electrons. The lowest BCUT2D eigenvalue weighted by Crippen LogP contribution is -2.38. The first kappa shape index (κ1) is 14.0. The summed E-state index contributed by atoms with van der Waals surface area (Å²) in [4.78, 5) is 18.5. The molecule has 1 N–H and O–H groups in total. The van der Waals surface area contributed by atoms with Gasteiger partial charge >= 0.3 is 0 Å². The molecule has 2 aromatic rings. The largest absolute Gasteiger partial charge is 0.394 e. The molecule has 1 aliphatic rings. The van der Waals surface area contributed by atoms with Gasteiger partial charge in [-0.05, 0) is 5.56 Å². The van der Waals surface area contributed by atoms with E-state index in [4.69, 9.17) is 0 Å². The molecule has 1 aliphatic heterocycles. The molecule has 0 saturated carbocycles. The van der Waals surface area contributed by atoms with Crippen LogP contribution < -0.4 is 0 Å². The van der Waals surface area contributed by atoms with Gasteiger partial charge in [0.2, 0.25) is 0 Å². The van der Waals surface area contributed by atoms with Crippen LogP contribution in [0, 0.1) is 0 Å². The van der Waals surface area contributed by atoms with Gasteiger partial charge in [0, 0.05) is 18.3 Å². The minimum Gasteiger partial charge on any atom is -0.394 e. The first-order chi connectivity index (χ1) is 10.3. The Morgan fingerprint density at radius 2 is 2.19 bits per heavy atom. The molecule has 3 rings (SSSR count). The molecule has 1 amide bonds. The van der Waals surface area contributed by atoms with Crippen molar-refractivity contribution in [3.63, 3.8) is 0 Å². The molecule has 0 fully saturated rings. The summed E-state index contributed by atoms with van der Waals surface area (Å²) in [5.41, 5.74) is 1.65. The maximum absolute atomic E-state index is 12.4. The van der Waals surface area contributed by atoms with E-state index in [1.54, 1.807) is 10.3 Å². The molecule has 0 unspecified atom stereocenters. The van der Waals surface area contributed by atoms with Gasteiger partial charge in [0.05, 0.1) is 17.7 Å². The highest BCUT2D eigenvalue weighted by molar-refractivity contribution is 7.09. The van der Waals surface area contributed by atoms with E-state index in [0.717, 1.165) is 11.4 Å². The van der Waals surface area contributed by atoms with Crippen LogP contribution >= 0.6 is 11.3 Å². The number of hydrogen-bond acceptors (Lipinski definition) is 4. The predicted molar refractivity (Wildman–Crippen MR) is 82.4 cm³/mol. The van der Waals surface area contributed by atoms with Crippen LogP contribution in [0.4, 0.5) is 0 Å². The second-order valence-electron chi connectivity index (χ2n) is 4.92. The zero-order chi connectivity index (χ0) is 14.7. The Morgan fingerprint density at radius 1 is 1.38 bits per heavy atom. The third kappa shape index (κ3) is 3.04. The lowest BCUT2D eigenvalue weighted by Gasteiger charge is -2.21. The molecule has 1 aromatic carbocycles. The van der Waals surface area contributed by atoms with Crippen molar-refractivity contribution < 1.29 is 9.90 Å². The molecule has 0 spiro atoms. The monoisotopic (exact) mass is 300 g/mol. The number of amides is 1. The van der Waals surface area contributed by atoms with Crippen molar-refractivity contribution in [2.24, 2.45) is 0 Å². The van der Waals surface area contributed by atoms with Crippen LogP contribution in [-0.4, -0.2) is 40.1 Å². The summed E-state index contributed by atoms with van der Waals surface area (Å²) < 4.78 is 0. The summed E-state index contributed by atoms with van der Waals surface area (Å²) >= 11 is 1.50. The van der Waals surface area contributed by atoms with Gasteiger partial charge in [-0.15, -0.1) is 11.3 Å². The van der Waals surface area contributed by atoms with E-state index >= 15 is 0 Å². The highest BCUT2D eigenvalue weighted by atomic mass is 32.1. The molecule has 0 bridgehead atoms. The summed E-state index contributed by atoms with van der Waals surface area (Å²) in [5.74, 6) is -0.116. The van der Waals surface area contributed by atoms with Crippen molar-refractivity contribution in [3.8, 4) is 0 Å². The normalized spacial score (nSPS) is 17.4. The molecule has 1 atom stereocenters. The number of benzene rings is 1. The first-order valence-electron chi connectivity index (χ1n) is 6.85.